The second-order valence-electron chi connectivity index (χ2n) is 5.21. The van der Waals surface area contributed by atoms with Gasteiger partial charge in [-0.3, -0.25) is 4.79 Å². The minimum atomic E-state index is -0.308. The van der Waals surface area contributed by atoms with Gasteiger partial charge in [0.1, 0.15) is 11.9 Å². The van der Waals surface area contributed by atoms with Gasteiger partial charge in [-0.2, -0.15) is 5.21 Å². The van der Waals surface area contributed by atoms with Gasteiger partial charge in [0.25, 0.3) is 0 Å². The molecule has 0 saturated heterocycles. The highest BCUT2D eigenvalue weighted by molar-refractivity contribution is 5.80. The number of benzene rings is 1. The number of imidazole rings is 1. The number of aryl methyl sites for hydroxylation is 1. The first-order valence-electron chi connectivity index (χ1n) is 7.25. The lowest BCUT2D eigenvalue weighted by Crippen LogP contribution is -2.30. The number of hydrogen-bond acceptors (Lipinski definition) is 5. The Morgan fingerprint density at radius 2 is 2.30 bits per heavy atom. The summed E-state index contributed by atoms with van der Waals surface area (Å²) in [6.07, 6.45) is 3.49. The maximum atomic E-state index is 12.3. The maximum Gasteiger partial charge on any atom is 0.243 e. The van der Waals surface area contributed by atoms with Gasteiger partial charge in [-0.1, -0.05) is 18.2 Å². The molecule has 0 aliphatic carbocycles. The minimum absolute atomic E-state index is 0.0592. The summed E-state index contributed by atoms with van der Waals surface area (Å²) in [5.74, 6) is 1.28. The second-order valence-corrected chi connectivity index (χ2v) is 5.21. The van der Waals surface area contributed by atoms with Crippen molar-refractivity contribution in [2.45, 2.75) is 26.4 Å². The number of H-pyrrole nitrogens is 1. The predicted molar refractivity (Wildman–Crippen MR) is 83.1 cm³/mol. The van der Waals surface area contributed by atoms with E-state index < -0.39 is 0 Å². The third-order valence-electron chi connectivity index (χ3n) is 3.66. The summed E-state index contributed by atoms with van der Waals surface area (Å²) in [4.78, 5) is 16.4. The molecule has 8 heteroatoms. The molecule has 1 aromatic carbocycles. The Labute approximate surface area is 132 Å². The SMILES string of the molecule is Cc1nccn1[C@@H](C)C(=O)NCc1cccc(-c2nn[nH]n2)c1. The van der Waals surface area contributed by atoms with Crippen LogP contribution in [0.2, 0.25) is 0 Å². The fourth-order valence-corrected chi connectivity index (χ4v) is 2.36. The van der Waals surface area contributed by atoms with Crippen molar-refractivity contribution in [1.82, 2.24) is 35.5 Å². The van der Waals surface area contributed by atoms with Crippen LogP contribution in [0.4, 0.5) is 0 Å². The molecule has 0 bridgehead atoms. The quantitative estimate of drug-likeness (QED) is 0.738. The van der Waals surface area contributed by atoms with Crippen LogP contribution in [0.3, 0.4) is 0 Å². The lowest BCUT2D eigenvalue weighted by molar-refractivity contribution is -0.124. The number of hydrogen-bond donors (Lipinski definition) is 2. The van der Waals surface area contributed by atoms with Crippen LogP contribution in [0, 0.1) is 6.92 Å². The Morgan fingerprint density at radius 1 is 1.43 bits per heavy atom. The van der Waals surface area contributed by atoms with E-state index in [0.29, 0.717) is 12.4 Å². The van der Waals surface area contributed by atoms with E-state index in [1.54, 1.807) is 12.4 Å². The Kier molecular flexibility index (Phi) is 4.13. The summed E-state index contributed by atoms with van der Waals surface area (Å²) in [6.45, 7) is 4.15. The highest BCUT2D eigenvalue weighted by Crippen LogP contribution is 2.15. The molecule has 0 unspecified atom stereocenters. The molecule has 2 heterocycles. The standard InChI is InChI=1S/C15H17N7O/c1-10(22-7-6-16-11(22)2)15(23)17-9-12-4-3-5-13(8-12)14-18-20-21-19-14/h3-8,10H,9H2,1-2H3,(H,17,23)(H,18,19,20,21)/t10-/m0/s1. The van der Waals surface area contributed by atoms with Crippen molar-refractivity contribution in [2.75, 3.05) is 0 Å². The van der Waals surface area contributed by atoms with Crippen molar-refractivity contribution < 1.29 is 4.79 Å². The van der Waals surface area contributed by atoms with E-state index in [4.69, 9.17) is 0 Å². The van der Waals surface area contributed by atoms with Gasteiger partial charge in [0, 0.05) is 24.5 Å². The molecule has 2 N–H and O–H groups in total. The molecule has 3 aromatic rings. The summed E-state index contributed by atoms with van der Waals surface area (Å²) < 4.78 is 1.84. The van der Waals surface area contributed by atoms with Gasteiger partial charge in [-0.05, 0) is 30.7 Å². The molecule has 3 rings (SSSR count). The van der Waals surface area contributed by atoms with E-state index in [-0.39, 0.29) is 11.9 Å². The molecular weight excluding hydrogens is 294 g/mol. The largest absolute Gasteiger partial charge is 0.350 e. The number of rotatable bonds is 5. The van der Waals surface area contributed by atoms with Crippen LogP contribution < -0.4 is 5.32 Å². The lowest BCUT2D eigenvalue weighted by atomic mass is 10.1. The van der Waals surface area contributed by atoms with Crippen LogP contribution in [0.1, 0.15) is 24.4 Å². The molecule has 0 spiro atoms. The maximum absolute atomic E-state index is 12.3. The normalized spacial score (nSPS) is 12.1. The topological polar surface area (TPSA) is 101 Å². The van der Waals surface area contributed by atoms with E-state index in [2.05, 4.69) is 30.9 Å². The summed E-state index contributed by atoms with van der Waals surface area (Å²) in [6, 6.07) is 7.36. The highest BCUT2D eigenvalue weighted by Gasteiger charge is 2.15. The van der Waals surface area contributed by atoms with Gasteiger partial charge < -0.3 is 9.88 Å². The summed E-state index contributed by atoms with van der Waals surface area (Å²) in [7, 11) is 0. The third-order valence-corrected chi connectivity index (χ3v) is 3.66. The Hall–Kier alpha value is -3.03. The van der Waals surface area contributed by atoms with Crippen LogP contribution in [0.5, 0.6) is 0 Å². The molecule has 1 atom stereocenters. The molecular formula is C15H17N7O. The van der Waals surface area contributed by atoms with Gasteiger partial charge >= 0.3 is 0 Å². The molecule has 8 nitrogen and oxygen atoms in total. The fourth-order valence-electron chi connectivity index (χ4n) is 2.36. The predicted octanol–water partition coefficient (Wildman–Crippen LogP) is 1.25. The number of aromatic nitrogens is 6. The van der Waals surface area contributed by atoms with Gasteiger partial charge in [0.05, 0.1) is 0 Å². The number of nitrogens with one attached hydrogen (secondary N) is 2. The van der Waals surface area contributed by atoms with Gasteiger partial charge in [0.2, 0.25) is 11.7 Å². The number of aromatic amines is 1. The van der Waals surface area contributed by atoms with Crippen LogP contribution in [-0.2, 0) is 11.3 Å². The molecule has 0 aliphatic heterocycles. The van der Waals surface area contributed by atoms with Crippen molar-refractivity contribution >= 4 is 5.91 Å². The molecule has 0 aliphatic rings. The number of carbonyl (C=O) groups is 1. The zero-order valence-corrected chi connectivity index (χ0v) is 12.9. The summed E-state index contributed by atoms with van der Waals surface area (Å²) in [5, 5.41) is 16.8. The first-order chi connectivity index (χ1) is 11.1. The van der Waals surface area contributed by atoms with Gasteiger partial charge in [0.15, 0.2) is 0 Å². The van der Waals surface area contributed by atoms with Gasteiger partial charge in [-0.25, -0.2) is 4.98 Å². The van der Waals surface area contributed by atoms with Crippen LogP contribution in [-0.4, -0.2) is 36.1 Å². The molecule has 1 amide bonds. The number of carbonyl (C=O) groups excluding carboxylic acids is 1. The van der Waals surface area contributed by atoms with Crippen molar-refractivity contribution in [3.8, 4) is 11.4 Å². The number of tetrazole rings is 1. The lowest BCUT2D eigenvalue weighted by Gasteiger charge is -2.15. The third kappa shape index (κ3) is 3.25. The second kappa shape index (κ2) is 6.39. The zero-order valence-electron chi connectivity index (χ0n) is 12.9. The Morgan fingerprint density at radius 3 is 3.00 bits per heavy atom. The molecule has 0 fully saturated rings. The van der Waals surface area contributed by atoms with E-state index in [9.17, 15) is 4.79 Å². The molecule has 0 radical (unpaired) electrons. The Balaban J connectivity index is 1.65. The van der Waals surface area contributed by atoms with E-state index in [1.165, 1.54) is 0 Å². The first-order valence-corrected chi connectivity index (χ1v) is 7.25. The fraction of sp³-hybridized carbons (Fsp3) is 0.267. The smallest absolute Gasteiger partial charge is 0.243 e. The summed E-state index contributed by atoms with van der Waals surface area (Å²) >= 11 is 0. The molecule has 23 heavy (non-hydrogen) atoms. The zero-order chi connectivity index (χ0) is 16.2. The first kappa shape index (κ1) is 14.9. The Bertz CT molecular complexity index is 794. The van der Waals surface area contributed by atoms with E-state index in [1.807, 2.05) is 42.7 Å². The van der Waals surface area contributed by atoms with Crippen LogP contribution >= 0.6 is 0 Å². The van der Waals surface area contributed by atoms with E-state index in [0.717, 1.165) is 17.0 Å². The monoisotopic (exact) mass is 311 g/mol. The summed E-state index contributed by atoms with van der Waals surface area (Å²) in [5.41, 5.74) is 1.82. The van der Waals surface area contributed by atoms with Crippen molar-refractivity contribution in [2.24, 2.45) is 0 Å². The van der Waals surface area contributed by atoms with Crippen molar-refractivity contribution in [3.63, 3.8) is 0 Å². The minimum Gasteiger partial charge on any atom is -0.350 e. The molecule has 2 aromatic heterocycles. The number of amides is 1. The van der Waals surface area contributed by atoms with Crippen molar-refractivity contribution in [3.05, 3.63) is 48.0 Å². The molecule has 118 valence electrons. The van der Waals surface area contributed by atoms with Gasteiger partial charge in [-0.15, -0.1) is 10.2 Å². The van der Waals surface area contributed by atoms with Crippen LogP contribution in [0.25, 0.3) is 11.4 Å². The average Bonchev–Trinajstić information content (AvgIpc) is 3.23. The highest BCUT2D eigenvalue weighted by atomic mass is 16.2. The number of nitrogens with zero attached hydrogens (tertiary/aromatic N) is 5. The van der Waals surface area contributed by atoms with Crippen molar-refractivity contribution in [1.29, 1.82) is 0 Å². The van der Waals surface area contributed by atoms with E-state index >= 15 is 0 Å². The molecule has 0 saturated carbocycles. The van der Waals surface area contributed by atoms with Crippen LogP contribution in [0.15, 0.2) is 36.7 Å². The average molecular weight is 311 g/mol.